The van der Waals surface area contributed by atoms with E-state index in [9.17, 15) is 4.79 Å². The van der Waals surface area contributed by atoms with Gasteiger partial charge in [0.15, 0.2) is 11.7 Å². The Hall–Kier alpha value is -2.80. The SMILES string of the molecule is CCNC(=NCCNC(=O)c1ccco1)NC1CCN(Cc2ccccc2)C(C)C1. The molecule has 3 rings (SSSR count). The molecular weight excluding hydrogens is 378 g/mol. The maximum atomic E-state index is 11.9. The summed E-state index contributed by atoms with van der Waals surface area (Å²) in [5, 5.41) is 9.69. The Morgan fingerprint density at radius 3 is 2.73 bits per heavy atom. The van der Waals surface area contributed by atoms with E-state index in [1.807, 2.05) is 0 Å². The lowest BCUT2D eigenvalue weighted by Gasteiger charge is -2.38. The predicted octanol–water partition coefficient (Wildman–Crippen LogP) is 2.62. The number of nitrogens with one attached hydrogen (secondary N) is 3. The quantitative estimate of drug-likeness (QED) is 0.353. The molecule has 2 aromatic rings. The van der Waals surface area contributed by atoms with Crippen LogP contribution in [-0.2, 0) is 6.54 Å². The highest BCUT2D eigenvalue weighted by molar-refractivity contribution is 5.91. The Morgan fingerprint density at radius 1 is 1.20 bits per heavy atom. The zero-order valence-electron chi connectivity index (χ0n) is 17.9. The molecule has 1 aliphatic heterocycles. The lowest BCUT2D eigenvalue weighted by molar-refractivity contribution is 0.0927. The second kappa shape index (κ2) is 11.4. The minimum Gasteiger partial charge on any atom is -0.459 e. The Labute approximate surface area is 178 Å². The monoisotopic (exact) mass is 411 g/mol. The fraction of sp³-hybridized carbons (Fsp3) is 0.478. The number of likely N-dealkylation sites (tertiary alicyclic amines) is 1. The van der Waals surface area contributed by atoms with Gasteiger partial charge in [0.05, 0.1) is 12.8 Å². The van der Waals surface area contributed by atoms with Crippen LogP contribution >= 0.6 is 0 Å². The summed E-state index contributed by atoms with van der Waals surface area (Å²) in [7, 11) is 0. The van der Waals surface area contributed by atoms with Gasteiger partial charge in [-0.15, -0.1) is 0 Å². The van der Waals surface area contributed by atoms with E-state index in [0.717, 1.165) is 38.4 Å². The molecule has 1 fully saturated rings. The molecule has 0 aliphatic carbocycles. The standard InChI is InChI=1S/C23H33N5O2/c1-3-24-23(26-13-12-25-22(29)21-10-7-15-30-21)27-20-11-14-28(18(2)16-20)17-19-8-5-4-6-9-19/h4-10,15,18,20H,3,11-14,16-17H2,1-2H3,(H,25,29)(H2,24,26,27). The van der Waals surface area contributed by atoms with E-state index in [2.05, 4.69) is 70.0 Å². The Kier molecular flexibility index (Phi) is 8.32. The van der Waals surface area contributed by atoms with Crippen molar-refractivity contribution in [2.45, 2.75) is 45.3 Å². The molecule has 0 spiro atoms. The number of rotatable bonds is 8. The fourth-order valence-electron chi connectivity index (χ4n) is 3.75. The number of carbonyl (C=O) groups excluding carboxylic acids is 1. The van der Waals surface area contributed by atoms with Gasteiger partial charge in [-0.3, -0.25) is 14.7 Å². The van der Waals surface area contributed by atoms with E-state index in [1.54, 1.807) is 12.1 Å². The molecule has 2 atom stereocenters. The van der Waals surface area contributed by atoms with Crippen molar-refractivity contribution in [3.8, 4) is 0 Å². The molecule has 2 unspecified atom stereocenters. The van der Waals surface area contributed by atoms with Crippen molar-refractivity contribution in [2.75, 3.05) is 26.2 Å². The van der Waals surface area contributed by atoms with Crippen molar-refractivity contribution in [2.24, 2.45) is 4.99 Å². The third kappa shape index (κ3) is 6.62. The van der Waals surface area contributed by atoms with Crippen molar-refractivity contribution in [1.82, 2.24) is 20.9 Å². The number of hydrogen-bond donors (Lipinski definition) is 3. The highest BCUT2D eigenvalue weighted by Gasteiger charge is 2.25. The molecule has 1 aromatic carbocycles. The summed E-state index contributed by atoms with van der Waals surface area (Å²) in [5.41, 5.74) is 1.36. The number of amides is 1. The highest BCUT2D eigenvalue weighted by Crippen LogP contribution is 2.19. The molecule has 162 valence electrons. The summed E-state index contributed by atoms with van der Waals surface area (Å²) in [6.45, 7) is 8.18. The molecule has 0 bridgehead atoms. The molecule has 30 heavy (non-hydrogen) atoms. The molecular formula is C23H33N5O2. The summed E-state index contributed by atoms with van der Waals surface area (Å²) < 4.78 is 5.09. The Bertz CT molecular complexity index is 791. The van der Waals surface area contributed by atoms with Gasteiger partial charge < -0.3 is 20.4 Å². The number of nitrogens with zero attached hydrogens (tertiary/aromatic N) is 2. The van der Waals surface area contributed by atoms with Crippen molar-refractivity contribution < 1.29 is 9.21 Å². The number of benzene rings is 1. The van der Waals surface area contributed by atoms with Gasteiger partial charge in [0.1, 0.15) is 0 Å². The van der Waals surface area contributed by atoms with Crippen LogP contribution in [0.15, 0.2) is 58.1 Å². The molecule has 1 aliphatic rings. The van der Waals surface area contributed by atoms with E-state index in [4.69, 9.17) is 4.42 Å². The van der Waals surface area contributed by atoms with Crippen LogP contribution in [-0.4, -0.2) is 55.0 Å². The zero-order valence-corrected chi connectivity index (χ0v) is 17.9. The van der Waals surface area contributed by atoms with E-state index >= 15 is 0 Å². The minimum absolute atomic E-state index is 0.215. The number of aliphatic imine (C=N–C) groups is 1. The molecule has 2 heterocycles. The van der Waals surface area contributed by atoms with Crippen molar-refractivity contribution in [3.63, 3.8) is 0 Å². The number of furan rings is 1. The van der Waals surface area contributed by atoms with Gasteiger partial charge in [-0.2, -0.15) is 0 Å². The molecule has 7 heteroatoms. The molecule has 1 saturated heterocycles. The first-order valence-electron chi connectivity index (χ1n) is 10.8. The van der Waals surface area contributed by atoms with Gasteiger partial charge in [0, 0.05) is 38.3 Å². The van der Waals surface area contributed by atoms with E-state index < -0.39 is 0 Å². The maximum absolute atomic E-state index is 11.9. The van der Waals surface area contributed by atoms with Crippen LogP contribution in [0, 0.1) is 0 Å². The van der Waals surface area contributed by atoms with Crippen molar-refractivity contribution >= 4 is 11.9 Å². The van der Waals surface area contributed by atoms with E-state index in [1.165, 1.54) is 11.8 Å². The lowest BCUT2D eigenvalue weighted by Crippen LogP contribution is -2.51. The molecule has 1 aromatic heterocycles. The molecule has 0 radical (unpaired) electrons. The Morgan fingerprint density at radius 2 is 2.03 bits per heavy atom. The van der Waals surface area contributed by atoms with Gasteiger partial charge in [0.25, 0.3) is 5.91 Å². The minimum atomic E-state index is -0.215. The first-order chi connectivity index (χ1) is 14.7. The predicted molar refractivity (Wildman–Crippen MR) is 119 cm³/mol. The molecule has 7 nitrogen and oxygen atoms in total. The number of carbonyl (C=O) groups is 1. The van der Waals surface area contributed by atoms with Crippen molar-refractivity contribution in [1.29, 1.82) is 0 Å². The van der Waals surface area contributed by atoms with Crippen LogP contribution < -0.4 is 16.0 Å². The van der Waals surface area contributed by atoms with Crippen LogP contribution in [0.1, 0.15) is 42.8 Å². The average molecular weight is 412 g/mol. The zero-order chi connectivity index (χ0) is 21.2. The van der Waals surface area contributed by atoms with Gasteiger partial charge in [-0.05, 0) is 44.4 Å². The number of hydrogen-bond acceptors (Lipinski definition) is 4. The first kappa shape index (κ1) is 21.9. The first-order valence-corrected chi connectivity index (χ1v) is 10.8. The summed E-state index contributed by atoms with van der Waals surface area (Å²) in [6.07, 6.45) is 3.65. The van der Waals surface area contributed by atoms with Gasteiger partial charge in [-0.1, -0.05) is 30.3 Å². The molecule has 1 amide bonds. The third-order valence-electron chi connectivity index (χ3n) is 5.34. The average Bonchev–Trinajstić information content (AvgIpc) is 3.29. The summed E-state index contributed by atoms with van der Waals surface area (Å²) in [5.74, 6) is 0.909. The Balaban J connectivity index is 1.44. The van der Waals surface area contributed by atoms with Crippen LogP contribution in [0.4, 0.5) is 0 Å². The smallest absolute Gasteiger partial charge is 0.287 e. The molecule has 3 N–H and O–H groups in total. The van der Waals surface area contributed by atoms with Gasteiger partial charge in [-0.25, -0.2) is 0 Å². The second-order valence-corrected chi connectivity index (χ2v) is 7.66. The van der Waals surface area contributed by atoms with Crippen LogP contribution in [0.25, 0.3) is 0 Å². The normalized spacial score (nSPS) is 20.0. The highest BCUT2D eigenvalue weighted by atomic mass is 16.3. The summed E-state index contributed by atoms with van der Waals surface area (Å²) in [6, 6.07) is 14.9. The topological polar surface area (TPSA) is 81.9 Å². The van der Waals surface area contributed by atoms with Crippen LogP contribution in [0.2, 0.25) is 0 Å². The van der Waals surface area contributed by atoms with Crippen molar-refractivity contribution in [3.05, 3.63) is 60.1 Å². The number of guanidine groups is 1. The maximum Gasteiger partial charge on any atom is 0.287 e. The van der Waals surface area contributed by atoms with Crippen LogP contribution in [0.3, 0.4) is 0 Å². The largest absolute Gasteiger partial charge is 0.459 e. The van der Waals surface area contributed by atoms with Gasteiger partial charge in [0.2, 0.25) is 0 Å². The van der Waals surface area contributed by atoms with Gasteiger partial charge >= 0.3 is 0 Å². The molecule has 0 saturated carbocycles. The third-order valence-corrected chi connectivity index (χ3v) is 5.34. The van der Waals surface area contributed by atoms with Crippen LogP contribution in [0.5, 0.6) is 0 Å². The van der Waals surface area contributed by atoms with E-state index in [-0.39, 0.29) is 5.91 Å². The summed E-state index contributed by atoms with van der Waals surface area (Å²) >= 11 is 0. The lowest BCUT2D eigenvalue weighted by atomic mass is 9.97. The number of piperidine rings is 1. The second-order valence-electron chi connectivity index (χ2n) is 7.66. The van der Waals surface area contributed by atoms with E-state index in [0.29, 0.717) is 30.9 Å². The fourth-order valence-corrected chi connectivity index (χ4v) is 3.75. The summed E-state index contributed by atoms with van der Waals surface area (Å²) in [4.78, 5) is 19.1.